The van der Waals surface area contributed by atoms with E-state index in [9.17, 15) is 14.4 Å². The number of nitrogens with two attached hydrogens (primary N) is 1. The molecule has 25 heavy (non-hydrogen) atoms. The quantitative estimate of drug-likeness (QED) is 0.885. The van der Waals surface area contributed by atoms with Crippen LogP contribution in [0.5, 0.6) is 0 Å². The molecule has 0 aromatic heterocycles. The van der Waals surface area contributed by atoms with Gasteiger partial charge in [-0.2, -0.15) is 0 Å². The maximum atomic E-state index is 12.5. The predicted molar refractivity (Wildman–Crippen MR) is 95.8 cm³/mol. The van der Waals surface area contributed by atoms with E-state index in [4.69, 9.17) is 5.73 Å². The molecule has 0 aliphatic carbocycles. The molecule has 1 atom stereocenters. The summed E-state index contributed by atoms with van der Waals surface area (Å²) < 4.78 is 0. The Hall–Kier alpha value is -2.89. The van der Waals surface area contributed by atoms with E-state index in [1.165, 1.54) is 0 Å². The molecule has 2 aromatic carbocycles. The van der Waals surface area contributed by atoms with E-state index in [1.54, 1.807) is 18.7 Å². The van der Waals surface area contributed by atoms with E-state index in [0.29, 0.717) is 0 Å². The molecule has 130 valence electrons. The number of hydrogen-bond donors (Lipinski definition) is 2. The van der Waals surface area contributed by atoms with Crippen molar-refractivity contribution in [3.05, 3.63) is 42.5 Å². The fourth-order valence-electron chi connectivity index (χ4n) is 3.03. The molecule has 3 rings (SSSR count). The largest absolute Gasteiger partial charge is 0.368 e. The van der Waals surface area contributed by atoms with Crippen LogP contribution in [0.25, 0.3) is 10.8 Å². The normalized spacial score (nSPS) is 17.8. The molecule has 3 N–H and O–H groups in total. The van der Waals surface area contributed by atoms with Crippen LogP contribution in [0.4, 0.5) is 5.69 Å². The van der Waals surface area contributed by atoms with Gasteiger partial charge in [-0.25, -0.2) is 0 Å². The van der Waals surface area contributed by atoms with Gasteiger partial charge in [0.2, 0.25) is 17.7 Å². The maximum absolute atomic E-state index is 12.5. The van der Waals surface area contributed by atoms with Crippen molar-refractivity contribution < 1.29 is 14.4 Å². The average Bonchev–Trinajstić information content (AvgIpc) is 2.95. The van der Waals surface area contributed by atoms with Crippen molar-refractivity contribution in [3.8, 4) is 0 Å². The first kappa shape index (κ1) is 17.0. The first-order valence-corrected chi connectivity index (χ1v) is 8.19. The Kier molecular flexibility index (Phi) is 4.20. The van der Waals surface area contributed by atoms with Gasteiger partial charge in [0.05, 0.1) is 11.6 Å². The molecule has 6 nitrogen and oxygen atoms in total. The van der Waals surface area contributed by atoms with Gasteiger partial charge in [0, 0.05) is 18.4 Å². The molecule has 0 bridgehead atoms. The van der Waals surface area contributed by atoms with E-state index >= 15 is 0 Å². The number of hydrogen-bond acceptors (Lipinski definition) is 3. The Balaban J connectivity index is 1.83. The maximum Gasteiger partial charge on any atom is 0.242 e. The number of carbonyl (C=O) groups excluding carboxylic acids is 3. The number of primary amides is 1. The number of anilines is 1. The number of nitrogens with one attached hydrogen (secondary N) is 1. The lowest BCUT2D eigenvalue weighted by Crippen LogP contribution is -2.54. The predicted octanol–water partition coefficient (Wildman–Crippen LogP) is 1.57. The highest BCUT2D eigenvalue weighted by molar-refractivity contribution is 6.07. The van der Waals surface area contributed by atoms with Gasteiger partial charge in [0.1, 0.15) is 5.54 Å². The third-order valence-corrected chi connectivity index (χ3v) is 4.60. The molecule has 1 aliphatic heterocycles. The van der Waals surface area contributed by atoms with Crippen LogP contribution < -0.4 is 16.0 Å². The molecular weight excluding hydrogens is 318 g/mol. The lowest BCUT2D eigenvalue weighted by molar-refractivity contribution is -0.132. The summed E-state index contributed by atoms with van der Waals surface area (Å²) in [6, 6.07) is 13.6. The smallest absolute Gasteiger partial charge is 0.242 e. The topological polar surface area (TPSA) is 92.5 Å². The zero-order chi connectivity index (χ0) is 18.2. The molecule has 1 aliphatic rings. The molecule has 0 saturated carbocycles. The second-order valence-corrected chi connectivity index (χ2v) is 6.88. The highest BCUT2D eigenvalue weighted by Crippen LogP contribution is 2.31. The van der Waals surface area contributed by atoms with E-state index in [2.05, 4.69) is 5.32 Å². The van der Waals surface area contributed by atoms with Crippen LogP contribution in [-0.2, 0) is 14.4 Å². The van der Waals surface area contributed by atoms with Gasteiger partial charge in [0.25, 0.3) is 0 Å². The van der Waals surface area contributed by atoms with Crippen molar-refractivity contribution in [2.45, 2.75) is 25.8 Å². The molecule has 2 aromatic rings. The minimum absolute atomic E-state index is 0.103. The summed E-state index contributed by atoms with van der Waals surface area (Å²) in [6.07, 6.45) is 0.115. The van der Waals surface area contributed by atoms with E-state index in [-0.39, 0.29) is 24.8 Å². The third-order valence-electron chi connectivity index (χ3n) is 4.60. The van der Waals surface area contributed by atoms with Gasteiger partial charge < -0.3 is 16.0 Å². The first-order valence-electron chi connectivity index (χ1n) is 8.19. The standard InChI is InChI=1S/C19H21N3O3/c1-19(2,18(20)25)21-17(24)13-10-16(23)22(11-13)15-9-5-7-12-6-3-4-8-14(12)15/h3-9,13H,10-11H2,1-2H3,(H2,20,25)(H,21,24). The van der Waals surface area contributed by atoms with Gasteiger partial charge in [0.15, 0.2) is 0 Å². The summed E-state index contributed by atoms with van der Waals surface area (Å²) in [5.41, 5.74) is 4.95. The average molecular weight is 339 g/mol. The number of nitrogens with zero attached hydrogens (tertiary/aromatic N) is 1. The van der Waals surface area contributed by atoms with Gasteiger partial charge in [-0.1, -0.05) is 36.4 Å². The van der Waals surface area contributed by atoms with Gasteiger partial charge in [-0.3, -0.25) is 14.4 Å². The summed E-state index contributed by atoms with van der Waals surface area (Å²) in [6.45, 7) is 3.38. The van der Waals surface area contributed by atoms with E-state index < -0.39 is 17.4 Å². The summed E-state index contributed by atoms with van der Waals surface area (Å²) in [7, 11) is 0. The zero-order valence-electron chi connectivity index (χ0n) is 14.3. The highest BCUT2D eigenvalue weighted by atomic mass is 16.2. The molecule has 6 heteroatoms. The first-order chi connectivity index (χ1) is 11.8. The van der Waals surface area contributed by atoms with Crippen LogP contribution in [0.1, 0.15) is 20.3 Å². The fourth-order valence-corrected chi connectivity index (χ4v) is 3.03. The molecule has 1 heterocycles. The second-order valence-electron chi connectivity index (χ2n) is 6.88. The van der Waals surface area contributed by atoms with Gasteiger partial charge in [-0.15, -0.1) is 0 Å². The Morgan fingerprint density at radius 1 is 1.16 bits per heavy atom. The number of benzene rings is 2. The van der Waals surface area contributed by atoms with Crippen molar-refractivity contribution in [1.29, 1.82) is 0 Å². The van der Waals surface area contributed by atoms with Crippen LogP contribution in [-0.4, -0.2) is 29.8 Å². The minimum Gasteiger partial charge on any atom is -0.368 e. The monoisotopic (exact) mass is 339 g/mol. The Bertz CT molecular complexity index is 855. The number of amides is 3. The Morgan fingerprint density at radius 3 is 2.56 bits per heavy atom. The SMILES string of the molecule is CC(C)(NC(=O)C1CC(=O)N(c2cccc3ccccc23)C1)C(N)=O. The van der Waals surface area contributed by atoms with Gasteiger partial charge >= 0.3 is 0 Å². The number of rotatable bonds is 4. The molecule has 1 unspecified atom stereocenters. The second kappa shape index (κ2) is 6.20. The minimum atomic E-state index is -1.15. The summed E-state index contributed by atoms with van der Waals surface area (Å²) in [5.74, 6) is -1.56. The van der Waals surface area contributed by atoms with E-state index in [0.717, 1.165) is 16.5 Å². The van der Waals surface area contributed by atoms with Crippen LogP contribution in [0.3, 0.4) is 0 Å². The van der Waals surface area contributed by atoms with Crippen molar-refractivity contribution in [3.63, 3.8) is 0 Å². The van der Waals surface area contributed by atoms with Crippen molar-refractivity contribution in [2.75, 3.05) is 11.4 Å². The van der Waals surface area contributed by atoms with Crippen LogP contribution in [0, 0.1) is 5.92 Å². The summed E-state index contributed by atoms with van der Waals surface area (Å²) >= 11 is 0. The summed E-state index contributed by atoms with van der Waals surface area (Å²) in [5, 5.41) is 4.64. The van der Waals surface area contributed by atoms with Crippen molar-refractivity contribution >= 4 is 34.2 Å². The van der Waals surface area contributed by atoms with Crippen LogP contribution in [0.2, 0.25) is 0 Å². The van der Waals surface area contributed by atoms with Crippen molar-refractivity contribution in [1.82, 2.24) is 5.32 Å². The lowest BCUT2D eigenvalue weighted by Gasteiger charge is -2.24. The molecule has 3 amide bonds. The Morgan fingerprint density at radius 2 is 1.84 bits per heavy atom. The highest BCUT2D eigenvalue weighted by Gasteiger charge is 2.38. The lowest BCUT2D eigenvalue weighted by atomic mass is 10.0. The van der Waals surface area contributed by atoms with Gasteiger partial charge in [-0.05, 0) is 25.3 Å². The number of carbonyl (C=O) groups is 3. The molecule has 0 spiro atoms. The Labute approximate surface area is 146 Å². The molecule has 1 saturated heterocycles. The van der Waals surface area contributed by atoms with E-state index in [1.807, 2.05) is 42.5 Å². The van der Waals surface area contributed by atoms with Crippen LogP contribution in [0.15, 0.2) is 42.5 Å². The molecule has 0 radical (unpaired) electrons. The fraction of sp³-hybridized carbons (Fsp3) is 0.316. The third kappa shape index (κ3) is 3.20. The number of fused-ring (bicyclic) bond motifs is 1. The van der Waals surface area contributed by atoms with Crippen molar-refractivity contribution in [2.24, 2.45) is 11.7 Å². The zero-order valence-corrected chi connectivity index (χ0v) is 14.3. The molecular formula is C19H21N3O3. The molecule has 1 fully saturated rings. The van der Waals surface area contributed by atoms with Crippen LogP contribution >= 0.6 is 0 Å². The summed E-state index contributed by atoms with van der Waals surface area (Å²) in [4.78, 5) is 38.0.